The molecule has 1 amide bonds. The second-order valence-corrected chi connectivity index (χ2v) is 8.54. The molecule has 2 aromatic carbocycles. The van der Waals surface area contributed by atoms with Crippen LogP contribution in [-0.2, 0) is 14.8 Å². The lowest BCUT2D eigenvalue weighted by Crippen LogP contribution is -2.26. The molecule has 27 heavy (non-hydrogen) atoms. The minimum atomic E-state index is -3.60. The molecule has 6 nitrogen and oxygen atoms in total. The Labute approximate surface area is 160 Å². The van der Waals surface area contributed by atoms with E-state index in [4.69, 9.17) is 4.74 Å². The average Bonchev–Trinajstić information content (AvgIpc) is 3.45. The molecule has 1 saturated carbocycles. The normalized spacial score (nSPS) is 15.2. The quantitative estimate of drug-likeness (QED) is 0.727. The van der Waals surface area contributed by atoms with Crippen molar-refractivity contribution in [2.75, 3.05) is 12.4 Å². The van der Waals surface area contributed by atoms with Gasteiger partial charge in [0, 0.05) is 12.5 Å². The van der Waals surface area contributed by atoms with Crippen molar-refractivity contribution in [1.82, 2.24) is 4.72 Å². The summed E-state index contributed by atoms with van der Waals surface area (Å²) in [5.41, 5.74) is 1.42. The summed E-state index contributed by atoms with van der Waals surface area (Å²) in [6.45, 7) is 1.98. The molecule has 2 N–H and O–H groups in total. The molecular formula is C20H24N2O4S. The number of anilines is 1. The van der Waals surface area contributed by atoms with Gasteiger partial charge in [0.05, 0.1) is 17.7 Å². The molecule has 0 radical (unpaired) electrons. The predicted octanol–water partition coefficient (Wildman–Crippen LogP) is 3.27. The van der Waals surface area contributed by atoms with Crippen LogP contribution in [0.25, 0.3) is 0 Å². The summed E-state index contributed by atoms with van der Waals surface area (Å²) in [7, 11) is -2.12. The van der Waals surface area contributed by atoms with Gasteiger partial charge in [-0.1, -0.05) is 37.3 Å². The molecule has 1 atom stereocenters. The SMILES string of the molecule is COc1ccc(S(=O)(=O)NC2CC2)cc1NC(=O)CC(C)c1ccccc1. The monoisotopic (exact) mass is 388 g/mol. The third kappa shape index (κ3) is 5.08. The van der Waals surface area contributed by atoms with Crippen LogP contribution in [0, 0.1) is 0 Å². The number of hydrogen-bond acceptors (Lipinski definition) is 4. The van der Waals surface area contributed by atoms with Gasteiger partial charge < -0.3 is 10.1 Å². The van der Waals surface area contributed by atoms with E-state index < -0.39 is 10.0 Å². The molecule has 0 saturated heterocycles. The summed E-state index contributed by atoms with van der Waals surface area (Å²) in [6.07, 6.45) is 2.00. The number of carbonyl (C=O) groups is 1. The lowest BCUT2D eigenvalue weighted by molar-refractivity contribution is -0.116. The van der Waals surface area contributed by atoms with E-state index in [1.807, 2.05) is 37.3 Å². The van der Waals surface area contributed by atoms with E-state index in [0.29, 0.717) is 11.4 Å². The predicted molar refractivity (Wildman–Crippen MR) is 104 cm³/mol. The standard InChI is InChI=1S/C20H24N2O4S/c1-14(15-6-4-3-5-7-15)12-20(23)21-18-13-17(10-11-19(18)26-2)27(24,25)22-16-8-9-16/h3-7,10-11,13-14,16,22H,8-9,12H2,1-2H3,(H,21,23). The van der Waals surface area contributed by atoms with Crippen molar-refractivity contribution in [2.45, 2.75) is 43.0 Å². The first kappa shape index (κ1) is 19.4. The summed E-state index contributed by atoms with van der Waals surface area (Å²) in [4.78, 5) is 12.6. The number of ether oxygens (including phenoxy) is 1. The maximum atomic E-state index is 12.5. The van der Waals surface area contributed by atoms with Gasteiger partial charge in [-0.2, -0.15) is 0 Å². The molecule has 1 fully saturated rings. The first-order valence-electron chi connectivity index (χ1n) is 8.94. The molecule has 0 spiro atoms. The Morgan fingerprint density at radius 1 is 1.19 bits per heavy atom. The minimum Gasteiger partial charge on any atom is -0.495 e. The highest BCUT2D eigenvalue weighted by atomic mass is 32.2. The third-order valence-corrected chi connectivity index (χ3v) is 6.03. The van der Waals surface area contributed by atoms with Crippen LogP contribution in [0.3, 0.4) is 0 Å². The lowest BCUT2D eigenvalue weighted by atomic mass is 9.97. The fraction of sp³-hybridized carbons (Fsp3) is 0.350. The second kappa shape index (κ2) is 8.10. The van der Waals surface area contributed by atoms with Crippen LogP contribution in [0.1, 0.15) is 37.7 Å². The first-order valence-corrected chi connectivity index (χ1v) is 10.4. The van der Waals surface area contributed by atoms with E-state index in [2.05, 4.69) is 10.0 Å². The molecule has 3 rings (SSSR count). The zero-order valence-electron chi connectivity index (χ0n) is 15.4. The number of carbonyl (C=O) groups excluding carboxylic acids is 1. The highest BCUT2D eigenvalue weighted by molar-refractivity contribution is 7.89. The van der Waals surface area contributed by atoms with Crippen molar-refractivity contribution in [3.63, 3.8) is 0 Å². The van der Waals surface area contributed by atoms with Gasteiger partial charge in [0.25, 0.3) is 0 Å². The molecule has 0 aliphatic heterocycles. The van der Waals surface area contributed by atoms with Crippen LogP contribution in [0.4, 0.5) is 5.69 Å². The molecule has 7 heteroatoms. The number of methoxy groups -OCH3 is 1. The van der Waals surface area contributed by atoms with Crippen LogP contribution in [-0.4, -0.2) is 27.5 Å². The number of benzene rings is 2. The zero-order chi connectivity index (χ0) is 19.4. The molecule has 1 aliphatic rings. The Kier molecular flexibility index (Phi) is 5.82. The van der Waals surface area contributed by atoms with Crippen molar-refractivity contribution in [3.8, 4) is 5.75 Å². The Hall–Kier alpha value is -2.38. The molecule has 2 aromatic rings. The highest BCUT2D eigenvalue weighted by Crippen LogP contribution is 2.30. The molecular weight excluding hydrogens is 364 g/mol. The summed E-state index contributed by atoms with van der Waals surface area (Å²) < 4.78 is 32.7. The van der Waals surface area contributed by atoms with Gasteiger partial charge in [-0.25, -0.2) is 13.1 Å². The van der Waals surface area contributed by atoms with Crippen molar-refractivity contribution < 1.29 is 17.9 Å². The maximum absolute atomic E-state index is 12.5. The Bertz CT molecular complexity index is 909. The summed E-state index contributed by atoms with van der Waals surface area (Å²) in [5, 5.41) is 2.79. The van der Waals surface area contributed by atoms with Crippen molar-refractivity contribution >= 4 is 21.6 Å². The van der Waals surface area contributed by atoms with Crippen LogP contribution >= 0.6 is 0 Å². The highest BCUT2D eigenvalue weighted by Gasteiger charge is 2.28. The van der Waals surface area contributed by atoms with Gasteiger partial charge in [-0.15, -0.1) is 0 Å². The molecule has 1 unspecified atom stereocenters. The minimum absolute atomic E-state index is 0.0156. The van der Waals surface area contributed by atoms with Crippen molar-refractivity contribution in [1.29, 1.82) is 0 Å². The van der Waals surface area contributed by atoms with E-state index in [0.717, 1.165) is 18.4 Å². The zero-order valence-corrected chi connectivity index (χ0v) is 16.3. The van der Waals surface area contributed by atoms with Crippen molar-refractivity contribution in [3.05, 3.63) is 54.1 Å². The Morgan fingerprint density at radius 3 is 2.52 bits per heavy atom. The van der Waals surface area contributed by atoms with Crippen LogP contribution < -0.4 is 14.8 Å². The number of sulfonamides is 1. The molecule has 144 valence electrons. The van der Waals surface area contributed by atoms with E-state index in [9.17, 15) is 13.2 Å². The Morgan fingerprint density at radius 2 is 1.89 bits per heavy atom. The van der Waals surface area contributed by atoms with Gasteiger partial charge in [-0.3, -0.25) is 4.79 Å². The first-order chi connectivity index (χ1) is 12.9. The van der Waals surface area contributed by atoms with E-state index >= 15 is 0 Å². The number of rotatable bonds is 8. The fourth-order valence-corrected chi connectivity index (χ4v) is 4.15. The topological polar surface area (TPSA) is 84.5 Å². The van der Waals surface area contributed by atoms with Gasteiger partial charge in [-0.05, 0) is 42.5 Å². The van der Waals surface area contributed by atoms with Gasteiger partial charge in [0.1, 0.15) is 5.75 Å². The lowest BCUT2D eigenvalue weighted by Gasteiger charge is -2.15. The Balaban J connectivity index is 1.74. The van der Waals surface area contributed by atoms with Gasteiger partial charge in [0.2, 0.25) is 15.9 Å². The number of amides is 1. The van der Waals surface area contributed by atoms with E-state index in [1.165, 1.54) is 19.2 Å². The average molecular weight is 388 g/mol. The van der Waals surface area contributed by atoms with Gasteiger partial charge in [0.15, 0.2) is 0 Å². The van der Waals surface area contributed by atoms with Crippen LogP contribution in [0.15, 0.2) is 53.4 Å². The molecule has 0 heterocycles. The summed E-state index contributed by atoms with van der Waals surface area (Å²) in [6, 6.07) is 14.3. The number of nitrogens with one attached hydrogen (secondary N) is 2. The third-order valence-electron chi connectivity index (χ3n) is 4.51. The van der Waals surface area contributed by atoms with E-state index in [-0.39, 0.29) is 29.2 Å². The van der Waals surface area contributed by atoms with E-state index in [1.54, 1.807) is 6.07 Å². The van der Waals surface area contributed by atoms with Crippen molar-refractivity contribution in [2.24, 2.45) is 0 Å². The smallest absolute Gasteiger partial charge is 0.240 e. The molecule has 0 aromatic heterocycles. The number of hydrogen-bond donors (Lipinski definition) is 2. The van der Waals surface area contributed by atoms with Gasteiger partial charge >= 0.3 is 0 Å². The van der Waals surface area contributed by atoms with Crippen LogP contribution in [0.2, 0.25) is 0 Å². The largest absolute Gasteiger partial charge is 0.495 e. The maximum Gasteiger partial charge on any atom is 0.240 e. The summed E-state index contributed by atoms with van der Waals surface area (Å²) in [5.74, 6) is 0.260. The second-order valence-electron chi connectivity index (χ2n) is 6.82. The molecule has 1 aliphatic carbocycles. The summed E-state index contributed by atoms with van der Waals surface area (Å²) >= 11 is 0. The fourth-order valence-electron chi connectivity index (χ4n) is 2.82. The van der Waals surface area contributed by atoms with Crippen LogP contribution in [0.5, 0.6) is 5.75 Å². The molecule has 0 bridgehead atoms.